The number of anilines is 1. The lowest BCUT2D eigenvalue weighted by Crippen LogP contribution is -2.41. The van der Waals surface area contributed by atoms with Crippen LogP contribution in [0.25, 0.3) is 0 Å². The van der Waals surface area contributed by atoms with Gasteiger partial charge in [0.15, 0.2) is 0 Å². The van der Waals surface area contributed by atoms with Gasteiger partial charge in [0, 0.05) is 5.56 Å². The maximum Gasteiger partial charge on any atom is 0.241 e. The molecule has 2 aromatic carbocycles. The van der Waals surface area contributed by atoms with Crippen LogP contribution in [0, 0.1) is 0 Å². The Kier molecular flexibility index (Phi) is 6.50. The van der Waals surface area contributed by atoms with Crippen LogP contribution in [0.4, 0.5) is 5.69 Å². The van der Waals surface area contributed by atoms with Crippen molar-refractivity contribution in [3.05, 3.63) is 59.1 Å². The molecule has 6 nitrogen and oxygen atoms in total. The fourth-order valence-electron chi connectivity index (χ4n) is 2.55. The smallest absolute Gasteiger partial charge is 0.241 e. The molecule has 0 saturated heterocycles. The molecule has 0 saturated carbocycles. The lowest BCUT2D eigenvalue weighted by atomic mass is 10.1. The first-order valence-corrected chi connectivity index (χ1v) is 10.1. The van der Waals surface area contributed by atoms with Crippen LogP contribution in [0.15, 0.2) is 48.5 Å². The van der Waals surface area contributed by atoms with Crippen molar-refractivity contribution in [2.24, 2.45) is 0 Å². The Balaban J connectivity index is 2.19. The predicted octanol–water partition coefficient (Wildman–Crippen LogP) is 2.99. The van der Waals surface area contributed by atoms with E-state index in [9.17, 15) is 13.2 Å². The summed E-state index contributed by atoms with van der Waals surface area (Å²) in [6, 6.07) is 13.4. The number of halogens is 1. The third kappa shape index (κ3) is 4.89. The molecule has 1 amide bonds. The number of carbonyl (C=O) groups excluding carboxylic acids is 1. The Hall–Kier alpha value is -2.25. The van der Waals surface area contributed by atoms with Crippen LogP contribution >= 0.6 is 11.6 Å². The summed E-state index contributed by atoms with van der Waals surface area (Å²) in [6.07, 6.45) is 1.03. The molecule has 8 heteroatoms. The van der Waals surface area contributed by atoms with Crippen molar-refractivity contribution in [3.8, 4) is 5.75 Å². The third-order valence-corrected chi connectivity index (χ3v) is 5.24. The molecular formula is C18H21ClN2O4S. The SMILES string of the molecule is COc1ccccc1C(C)NC(=O)CN(c1ccccc1Cl)S(C)(=O)=O. The maximum absolute atomic E-state index is 12.5. The summed E-state index contributed by atoms with van der Waals surface area (Å²) in [5, 5.41) is 3.05. The highest BCUT2D eigenvalue weighted by atomic mass is 35.5. The van der Waals surface area contributed by atoms with Gasteiger partial charge in [-0.25, -0.2) is 8.42 Å². The first-order valence-electron chi connectivity index (χ1n) is 7.88. The normalized spacial score (nSPS) is 12.3. The molecule has 26 heavy (non-hydrogen) atoms. The summed E-state index contributed by atoms with van der Waals surface area (Å²) in [6.45, 7) is 1.43. The number of sulfonamides is 1. The van der Waals surface area contributed by atoms with Crippen molar-refractivity contribution in [1.29, 1.82) is 0 Å². The minimum absolute atomic E-state index is 0.253. The largest absolute Gasteiger partial charge is 0.496 e. The number of benzene rings is 2. The van der Waals surface area contributed by atoms with E-state index in [1.54, 1.807) is 44.4 Å². The molecule has 0 aliphatic carbocycles. The zero-order chi connectivity index (χ0) is 19.3. The minimum Gasteiger partial charge on any atom is -0.496 e. The van der Waals surface area contributed by atoms with Crippen molar-refractivity contribution in [3.63, 3.8) is 0 Å². The summed E-state index contributed by atoms with van der Waals surface area (Å²) in [5.41, 5.74) is 1.06. The van der Waals surface area contributed by atoms with Gasteiger partial charge in [-0.1, -0.05) is 41.9 Å². The van der Waals surface area contributed by atoms with E-state index in [1.807, 2.05) is 18.2 Å². The summed E-state index contributed by atoms with van der Waals surface area (Å²) in [7, 11) is -2.13. The Morgan fingerprint density at radius 2 is 1.81 bits per heavy atom. The molecular weight excluding hydrogens is 376 g/mol. The molecule has 0 radical (unpaired) electrons. The van der Waals surface area contributed by atoms with E-state index >= 15 is 0 Å². The molecule has 1 unspecified atom stereocenters. The number of amides is 1. The van der Waals surface area contributed by atoms with Crippen molar-refractivity contribution in [1.82, 2.24) is 5.32 Å². The lowest BCUT2D eigenvalue weighted by molar-refractivity contribution is -0.120. The van der Waals surface area contributed by atoms with Crippen molar-refractivity contribution < 1.29 is 17.9 Å². The molecule has 0 fully saturated rings. The van der Waals surface area contributed by atoms with E-state index in [-0.39, 0.29) is 23.3 Å². The Morgan fingerprint density at radius 3 is 2.42 bits per heavy atom. The lowest BCUT2D eigenvalue weighted by Gasteiger charge is -2.24. The Morgan fingerprint density at radius 1 is 1.19 bits per heavy atom. The number of carbonyl (C=O) groups is 1. The maximum atomic E-state index is 12.5. The van der Waals surface area contributed by atoms with E-state index in [1.165, 1.54) is 0 Å². The van der Waals surface area contributed by atoms with Gasteiger partial charge in [-0.3, -0.25) is 9.10 Å². The molecule has 0 aliphatic rings. The zero-order valence-corrected chi connectivity index (χ0v) is 16.3. The number of methoxy groups -OCH3 is 1. The predicted molar refractivity (Wildman–Crippen MR) is 103 cm³/mol. The fraction of sp³-hybridized carbons (Fsp3) is 0.278. The molecule has 140 valence electrons. The zero-order valence-electron chi connectivity index (χ0n) is 14.8. The topological polar surface area (TPSA) is 75.7 Å². The van der Waals surface area contributed by atoms with E-state index in [0.29, 0.717) is 5.75 Å². The summed E-state index contributed by atoms with van der Waals surface area (Å²) < 4.78 is 30.6. The van der Waals surface area contributed by atoms with Crippen LogP contribution in [0.1, 0.15) is 18.5 Å². The highest BCUT2D eigenvalue weighted by molar-refractivity contribution is 7.92. The van der Waals surface area contributed by atoms with Gasteiger partial charge in [0.05, 0.1) is 30.1 Å². The number of hydrogen-bond donors (Lipinski definition) is 1. The van der Waals surface area contributed by atoms with Crippen LogP contribution < -0.4 is 14.4 Å². The molecule has 2 aromatic rings. The van der Waals surface area contributed by atoms with E-state index < -0.39 is 15.9 Å². The van der Waals surface area contributed by atoms with Gasteiger partial charge in [-0.15, -0.1) is 0 Å². The first-order chi connectivity index (χ1) is 12.2. The van der Waals surface area contributed by atoms with Crippen LogP contribution in [-0.2, 0) is 14.8 Å². The number of para-hydroxylation sites is 2. The van der Waals surface area contributed by atoms with Crippen LogP contribution in [0.3, 0.4) is 0 Å². The number of nitrogens with zero attached hydrogens (tertiary/aromatic N) is 1. The van der Waals surface area contributed by atoms with E-state index in [0.717, 1.165) is 16.1 Å². The van der Waals surface area contributed by atoms with Gasteiger partial charge >= 0.3 is 0 Å². The van der Waals surface area contributed by atoms with Crippen molar-refractivity contribution in [2.75, 3.05) is 24.2 Å². The molecule has 1 atom stereocenters. The average molecular weight is 397 g/mol. The van der Waals surface area contributed by atoms with Crippen LogP contribution in [-0.4, -0.2) is 34.2 Å². The second kappa shape index (κ2) is 8.42. The molecule has 0 bridgehead atoms. The van der Waals surface area contributed by atoms with Gasteiger partial charge in [0.25, 0.3) is 0 Å². The monoisotopic (exact) mass is 396 g/mol. The molecule has 1 N–H and O–H groups in total. The van der Waals surface area contributed by atoms with Crippen molar-refractivity contribution >= 4 is 33.2 Å². The first kappa shape index (κ1) is 20.1. The minimum atomic E-state index is -3.69. The summed E-state index contributed by atoms with van der Waals surface area (Å²) in [4.78, 5) is 12.5. The second-order valence-corrected chi connectivity index (χ2v) is 8.07. The molecule has 0 aliphatic heterocycles. The fourth-order valence-corrected chi connectivity index (χ4v) is 3.71. The average Bonchev–Trinajstić information content (AvgIpc) is 2.59. The third-order valence-electron chi connectivity index (χ3n) is 3.79. The van der Waals surface area contributed by atoms with Gasteiger partial charge in [-0.2, -0.15) is 0 Å². The van der Waals surface area contributed by atoms with E-state index in [2.05, 4.69) is 5.32 Å². The Labute approximate surface area is 158 Å². The standard InChI is InChI=1S/C18H21ClN2O4S/c1-13(14-8-4-7-11-17(14)25-2)20-18(22)12-21(26(3,23)24)16-10-6-5-9-15(16)19/h4-11,13H,12H2,1-3H3,(H,20,22). The summed E-state index contributed by atoms with van der Waals surface area (Å²) >= 11 is 6.10. The molecule has 0 spiro atoms. The quantitative estimate of drug-likeness (QED) is 0.780. The molecule has 2 rings (SSSR count). The highest BCUT2D eigenvalue weighted by Crippen LogP contribution is 2.27. The van der Waals surface area contributed by atoms with Crippen LogP contribution in [0.2, 0.25) is 5.02 Å². The van der Waals surface area contributed by atoms with Gasteiger partial charge in [0.1, 0.15) is 12.3 Å². The highest BCUT2D eigenvalue weighted by Gasteiger charge is 2.24. The Bertz CT molecular complexity index is 886. The molecule has 0 aromatic heterocycles. The number of ether oxygens (including phenoxy) is 1. The second-order valence-electron chi connectivity index (χ2n) is 5.75. The number of hydrogen-bond acceptors (Lipinski definition) is 4. The van der Waals surface area contributed by atoms with Gasteiger partial charge in [0.2, 0.25) is 15.9 Å². The van der Waals surface area contributed by atoms with Gasteiger partial charge < -0.3 is 10.1 Å². The molecule has 0 heterocycles. The van der Waals surface area contributed by atoms with Crippen LogP contribution in [0.5, 0.6) is 5.75 Å². The van der Waals surface area contributed by atoms with Gasteiger partial charge in [-0.05, 0) is 25.1 Å². The van der Waals surface area contributed by atoms with Crippen molar-refractivity contribution in [2.45, 2.75) is 13.0 Å². The summed E-state index contributed by atoms with van der Waals surface area (Å²) in [5.74, 6) is 0.195. The number of rotatable bonds is 7. The van der Waals surface area contributed by atoms with E-state index in [4.69, 9.17) is 16.3 Å². The number of nitrogens with one attached hydrogen (secondary N) is 1.